The Morgan fingerprint density at radius 3 is 2.47 bits per heavy atom. The molecule has 3 aromatic rings. The van der Waals surface area contributed by atoms with Gasteiger partial charge >= 0.3 is 0 Å². The zero-order chi connectivity index (χ0) is 22.9. The van der Waals surface area contributed by atoms with Crippen LogP contribution in [0.1, 0.15) is 65.8 Å². The molecule has 1 heterocycles. The van der Waals surface area contributed by atoms with E-state index < -0.39 is 0 Å². The number of rotatable bonds is 10. The largest absolute Gasteiger partial charge is 0.344 e. The molecule has 0 aliphatic rings. The number of carbonyl (C=O) groups is 1. The fourth-order valence-corrected chi connectivity index (χ4v) is 4.80. The van der Waals surface area contributed by atoms with Crippen LogP contribution < -0.4 is 15.9 Å². The van der Waals surface area contributed by atoms with Crippen molar-refractivity contribution in [3.63, 3.8) is 0 Å². The molecular weight excluding hydrogens is 416 g/mol. The number of nitrogens with two attached hydrogens (primary N) is 1. The van der Waals surface area contributed by atoms with Crippen LogP contribution in [0.4, 0.5) is 5.69 Å². The standard InChI is InChI=1S/C26H34N4OS/c1-4-23(21-11-7-5-8-12-21)29-25(31)24-18-32-26(30(24)14-10-6-9-13-27)28-22-16-19(2)15-20(3)17-22/h5,7-8,11-12,15-18,23H,4,6,9-10,13-14,27H2,1-3H3,(H,29,31)/t23-/m0/s1. The van der Waals surface area contributed by atoms with Crippen LogP contribution in [0.25, 0.3) is 0 Å². The van der Waals surface area contributed by atoms with Crippen molar-refractivity contribution < 1.29 is 4.79 Å². The Morgan fingerprint density at radius 2 is 1.81 bits per heavy atom. The van der Waals surface area contributed by atoms with Crippen molar-refractivity contribution in [2.24, 2.45) is 10.7 Å². The van der Waals surface area contributed by atoms with Crippen molar-refractivity contribution in [1.82, 2.24) is 9.88 Å². The summed E-state index contributed by atoms with van der Waals surface area (Å²) in [5.41, 5.74) is 10.7. The van der Waals surface area contributed by atoms with Crippen LogP contribution in [0, 0.1) is 13.8 Å². The number of aromatic nitrogens is 1. The average Bonchev–Trinajstić information content (AvgIpc) is 3.17. The van der Waals surface area contributed by atoms with Gasteiger partial charge in [-0.25, -0.2) is 4.99 Å². The van der Waals surface area contributed by atoms with Crippen LogP contribution in [0.15, 0.2) is 58.9 Å². The molecule has 0 saturated carbocycles. The second-order valence-electron chi connectivity index (χ2n) is 8.21. The Labute approximate surface area is 195 Å². The van der Waals surface area contributed by atoms with Gasteiger partial charge in [-0.05, 0) is 68.5 Å². The highest BCUT2D eigenvalue weighted by atomic mass is 32.1. The van der Waals surface area contributed by atoms with E-state index in [9.17, 15) is 4.79 Å². The Morgan fingerprint density at radius 1 is 1.09 bits per heavy atom. The molecule has 1 atom stereocenters. The summed E-state index contributed by atoms with van der Waals surface area (Å²) < 4.78 is 2.06. The quantitative estimate of drug-likeness (QED) is 0.405. The number of aryl methyl sites for hydroxylation is 2. The van der Waals surface area contributed by atoms with Crippen molar-refractivity contribution in [2.75, 3.05) is 6.54 Å². The summed E-state index contributed by atoms with van der Waals surface area (Å²) in [6.45, 7) is 7.69. The minimum atomic E-state index is -0.0577. The third-order valence-electron chi connectivity index (χ3n) is 5.46. The summed E-state index contributed by atoms with van der Waals surface area (Å²) in [5.74, 6) is -0.0577. The summed E-state index contributed by atoms with van der Waals surface area (Å²) >= 11 is 1.52. The van der Waals surface area contributed by atoms with E-state index in [1.54, 1.807) is 0 Å². The summed E-state index contributed by atoms with van der Waals surface area (Å²) in [7, 11) is 0. The highest BCUT2D eigenvalue weighted by molar-refractivity contribution is 7.07. The van der Waals surface area contributed by atoms with Crippen LogP contribution in [0.2, 0.25) is 0 Å². The predicted molar refractivity (Wildman–Crippen MR) is 133 cm³/mol. The minimum absolute atomic E-state index is 0.0194. The maximum absolute atomic E-state index is 13.3. The fraction of sp³-hybridized carbons (Fsp3) is 0.385. The van der Waals surface area contributed by atoms with Gasteiger partial charge in [-0.3, -0.25) is 4.79 Å². The second-order valence-corrected chi connectivity index (χ2v) is 9.04. The van der Waals surface area contributed by atoms with Crippen LogP contribution >= 0.6 is 11.3 Å². The molecular formula is C26H34N4OS. The molecule has 6 heteroatoms. The molecule has 0 aliphatic heterocycles. The second kappa shape index (κ2) is 11.8. The lowest BCUT2D eigenvalue weighted by Gasteiger charge is -2.18. The maximum Gasteiger partial charge on any atom is 0.269 e. The van der Waals surface area contributed by atoms with Crippen LogP contribution in [0.3, 0.4) is 0 Å². The van der Waals surface area contributed by atoms with Crippen molar-refractivity contribution in [2.45, 2.75) is 59.0 Å². The number of nitrogens with one attached hydrogen (secondary N) is 1. The van der Waals surface area contributed by atoms with Crippen molar-refractivity contribution >= 4 is 22.9 Å². The van der Waals surface area contributed by atoms with Gasteiger partial charge in [-0.15, -0.1) is 11.3 Å². The summed E-state index contributed by atoms with van der Waals surface area (Å²) in [6.07, 6.45) is 3.81. The molecule has 0 unspecified atom stereocenters. The van der Waals surface area contributed by atoms with Gasteiger partial charge in [0.25, 0.3) is 5.91 Å². The molecule has 5 nitrogen and oxygen atoms in total. The van der Waals surface area contributed by atoms with Crippen molar-refractivity contribution in [3.05, 3.63) is 81.1 Å². The zero-order valence-corrected chi connectivity index (χ0v) is 20.1. The first-order valence-corrected chi connectivity index (χ1v) is 12.3. The smallest absolute Gasteiger partial charge is 0.269 e. The topological polar surface area (TPSA) is 72.4 Å². The van der Waals surface area contributed by atoms with Crippen molar-refractivity contribution in [3.8, 4) is 0 Å². The lowest BCUT2D eigenvalue weighted by Crippen LogP contribution is -2.32. The number of hydrogen-bond donors (Lipinski definition) is 2. The average molecular weight is 451 g/mol. The SMILES string of the molecule is CC[C@H](NC(=O)c1csc(=Nc2cc(C)cc(C)c2)n1CCCCCN)c1ccccc1. The van der Waals surface area contributed by atoms with E-state index in [4.69, 9.17) is 10.7 Å². The van der Waals surface area contributed by atoms with Crippen molar-refractivity contribution in [1.29, 1.82) is 0 Å². The molecule has 170 valence electrons. The molecule has 0 bridgehead atoms. The number of hydrogen-bond acceptors (Lipinski definition) is 4. The van der Waals surface area contributed by atoms with Crippen LogP contribution in [0.5, 0.6) is 0 Å². The first kappa shape index (κ1) is 24.0. The van der Waals surface area contributed by atoms with Gasteiger partial charge in [0.05, 0.1) is 11.7 Å². The Kier molecular flexibility index (Phi) is 8.82. The molecule has 0 fully saturated rings. The lowest BCUT2D eigenvalue weighted by molar-refractivity contribution is 0.0925. The third kappa shape index (κ3) is 6.40. The molecule has 3 N–H and O–H groups in total. The molecule has 3 rings (SSSR count). The van der Waals surface area contributed by atoms with Gasteiger partial charge < -0.3 is 15.6 Å². The van der Waals surface area contributed by atoms with E-state index >= 15 is 0 Å². The summed E-state index contributed by atoms with van der Waals surface area (Å²) in [4.78, 5) is 19.0. The number of unbranched alkanes of at least 4 members (excludes halogenated alkanes) is 2. The van der Waals surface area contributed by atoms with Crippen LogP contribution in [-0.2, 0) is 6.54 Å². The Balaban J connectivity index is 1.92. The molecule has 0 saturated heterocycles. The Hall–Kier alpha value is -2.70. The molecule has 1 amide bonds. The Bertz CT molecular complexity index is 1060. The van der Waals surface area contributed by atoms with E-state index in [0.29, 0.717) is 12.2 Å². The first-order valence-electron chi connectivity index (χ1n) is 11.4. The molecule has 2 aromatic carbocycles. The zero-order valence-electron chi connectivity index (χ0n) is 19.3. The highest BCUT2D eigenvalue weighted by Gasteiger charge is 2.18. The lowest BCUT2D eigenvalue weighted by atomic mass is 10.0. The van der Waals surface area contributed by atoms with Gasteiger partial charge in [0.15, 0.2) is 4.80 Å². The number of amides is 1. The van der Waals surface area contributed by atoms with Crippen LogP contribution in [-0.4, -0.2) is 17.0 Å². The van der Waals surface area contributed by atoms with E-state index in [0.717, 1.165) is 48.3 Å². The first-order chi connectivity index (χ1) is 15.5. The number of carbonyl (C=O) groups excluding carboxylic acids is 1. The van der Waals surface area contributed by atoms with Gasteiger partial charge in [-0.1, -0.05) is 49.7 Å². The maximum atomic E-state index is 13.3. The van der Waals surface area contributed by atoms with E-state index in [1.165, 1.54) is 22.5 Å². The fourth-order valence-electron chi connectivity index (χ4n) is 3.87. The van der Waals surface area contributed by atoms with Gasteiger partial charge in [0, 0.05) is 11.9 Å². The minimum Gasteiger partial charge on any atom is -0.344 e. The summed E-state index contributed by atoms with van der Waals surface area (Å²) in [5, 5.41) is 5.15. The molecule has 0 spiro atoms. The number of thiazole rings is 1. The molecule has 1 aromatic heterocycles. The molecule has 32 heavy (non-hydrogen) atoms. The van der Waals surface area contributed by atoms with E-state index in [-0.39, 0.29) is 11.9 Å². The molecule has 0 radical (unpaired) electrons. The van der Waals surface area contributed by atoms with E-state index in [1.807, 2.05) is 23.6 Å². The predicted octanol–water partition coefficient (Wildman–Crippen LogP) is 5.41. The van der Waals surface area contributed by atoms with Gasteiger partial charge in [0.2, 0.25) is 0 Å². The highest BCUT2D eigenvalue weighted by Crippen LogP contribution is 2.19. The normalized spacial score (nSPS) is 12.7. The van der Waals surface area contributed by atoms with Gasteiger partial charge in [-0.2, -0.15) is 0 Å². The van der Waals surface area contributed by atoms with Gasteiger partial charge in [0.1, 0.15) is 5.69 Å². The number of nitrogens with zero attached hydrogens (tertiary/aromatic N) is 2. The van der Waals surface area contributed by atoms with E-state index in [2.05, 4.69) is 61.0 Å². The molecule has 0 aliphatic carbocycles. The summed E-state index contributed by atoms with van der Waals surface area (Å²) in [6, 6.07) is 16.4. The number of benzene rings is 2. The third-order valence-corrected chi connectivity index (χ3v) is 6.33. The monoisotopic (exact) mass is 450 g/mol.